The molecule has 0 aliphatic heterocycles. The van der Waals surface area contributed by atoms with Gasteiger partial charge in [0.15, 0.2) is 10.8 Å². The number of nitrogen functional groups attached to an aromatic ring is 1. The molecule has 3 N–H and O–H groups in total. The molecule has 0 fully saturated rings. The molecule has 1 aromatic carbocycles. The van der Waals surface area contributed by atoms with Gasteiger partial charge in [0.25, 0.3) is 0 Å². The number of hydrogen-bond acceptors (Lipinski definition) is 7. The van der Waals surface area contributed by atoms with Crippen molar-refractivity contribution in [2.75, 3.05) is 11.1 Å². The largest absolute Gasteiger partial charge is 0.454 e. The van der Waals surface area contributed by atoms with Gasteiger partial charge in [-0.05, 0) is 18.6 Å². The number of nitrogens with one attached hydrogen (secondary N) is 1. The summed E-state index contributed by atoms with van der Waals surface area (Å²) >= 11 is 19.0. The predicted molar refractivity (Wildman–Crippen MR) is 118 cm³/mol. The highest BCUT2D eigenvalue weighted by Crippen LogP contribution is 2.34. The van der Waals surface area contributed by atoms with Crippen LogP contribution in [0.3, 0.4) is 0 Å². The smallest absolute Gasteiger partial charge is 0.359 e. The number of carbonyl (C=O) groups is 2. The third-order valence-corrected chi connectivity index (χ3v) is 5.98. The van der Waals surface area contributed by atoms with Crippen LogP contribution in [0.5, 0.6) is 0 Å². The summed E-state index contributed by atoms with van der Waals surface area (Å²) in [7, 11) is 0. The summed E-state index contributed by atoms with van der Waals surface area (Å²) in [6, 6.07) is 7.48. The Morgan fingerprint density at radius 2 is 1.90 bits per heavy atom. The lowest BCUT2D eigenvalue weighted by atomic mass is 10.2. The lowest BCUT2D eigenvalue weighted by molar-refractivity contribution is -0.115. The molecule has 0 spiro atoms. The number of aromatic nitrogens is 2. The van der Waals surface area contributed by atoms with Gasteiger partial charge in [-0.3, -0.25) is 4.79 Å². The number of nitrogens with two attached hydrogens (primary N) is 1. The van der Waals surface area contributed by atoms with E-state index in [-0.39, 0.29) is 45.5 Å². The second kappa shape index (κ2) is 9.61. The van der Waals surface area contributed by atoms with Gasteiger partial charge in [0.1, 0.15) is 16.6 Å². The number of para-hydroxylation sites is 1. The molecule has 7 nitrogen and oxygen atoms in total. The van der Waals surface area contributed by atoms with E-state index in [1.807, 2.05) is 31.2 Å². The normalized spacial score (nSPS) is 10.7. The average Bonchev–Trinajstić information content (AvgIpc) is 3.16. The summed E-state index contributed by atoms with van der Waals surface area (Å²) in [6.45, 7) is 1.78. The van der Waals surface area contributed by atoms with Crippen LogP contribution >= 0.6 is 46.1 Å². The molecule has 0 aliphatic rings. The van der Waals surface area contributed by atoms with Crippen molar-refractivity contribution in [2.24, 2.45) is 0 Å². The number of halogens is 3. The van der Waals surface area contributed by atoms with Crippen molar-refractivity contribution in [3.63, 3.8) is 0 Å². The molecule has 1 amide bonds. The number of thiazole rings is 1. The van der Waals surface area contributed by atoms with Crippen molar-refractivity contribution in [3.8, 4) is 0 Å². The van der Waals surface area contributed by atoms with E-state index in [4.69, 9.17) is 45.3 Å². The van der Waals surface area contributed by atoms with Crippen molar-refractivity contribution in [2.45, 2.75) is 20.0 Å². The van der Waals surface area contributed by atoms with Crippen molar-refractivity contribution < 1.29 is 14.3 Å². The molecule has 0 aliphatic carbocycles. The Labute approximate surface area is 191 Å². The third-order valence-electron chi connectivity index (χ3n) is 3.95. The fourth-order valence-electron chi connectivity index (χ4n) is 2.42. The molecule has 0 unspecified atom stereocenters. The topological polar surface area (TPSA) is 107 Å². The number of aryl methyl sites for hydroxylation is 1. The van der Waals surface area contributed by atoms with Crippen LogP contribution in [0.2, 0.25) is 15.2 Å². The summed E-state index contributed by atoms with van der Waals surface area (Å²) in [5.74, 6) is -1.01. The zero-order valence-corrected chi connectivity index (χ0v) is 18.6. The molecule has 3 aromatic rings. The quantitative estimate of drug-likeness (QED) is 0.379. The third kappa shape index (κ3) is 5.20. The van der Waals surface area contributed by atoms with E-state index >= 15 is 0 Å². The molecular weight excluding hydrogens is 471 g/mol. The molecule has 3 rings (SSSR count). The number of rotatable bonds is 6. The highest BCUT2D eigenvalue weighted by Gasteiger charge is 2.21. The minimum atomic E-state index is -0.822. The first-order chi connectivity index (χ1) is 14.3. The maximum absolute atomic E-state index is 12.3. The van der Waals surface area contributed by atoms with Gasteiger partial charge in [0.05, 0.1) is 22.8 Å². The maximum Gasteiger partial charge on any atom is 0.359 e. The van der Waals surface area contributed by atoms with Gasteiger partial charge in [0.2, 0.25) is 5.91 Å². The maximum atomic E-state index is 12.3. The zero-order valence-electron chi connectivity index (χ0n) is 15.5. The Morgan fingerprint density at radius 1 is 1.17 bits per heavy atom. The van der Waals surface area contributed by atoms with E-state index in [2.05, 4.69) is 15.3 Å². The Balaban J connectivity index is 1.59. The molecule has 0 saturated heterocycles. The number of benzene rings is 1. The van der Waals surface area contributed by atoms with Gasteiger partial charge >= 0.3 is 5.97 Å². The summed E-state index contributed by atoms with van der Waals surface area (Å²) in [4.78, 5) is 32.6. The van der Waals surface area contributed by atoms with E-state index in [0.717, 1.165) is 11.3 Å². The van der Waals surface area contributed by atoms with Gasteiger partial charge in [-0.1, -0.05) is 53.0 Å². The second-order valence-corrected chi connectivity index (χ2v) is 8.20. The summed E-state index contributed by atoms with van der Waals surface area (Å²) in [6.07, 6.45) is 0.101. The van der Waals surface area contributed by atoms with Crippen LogP contribution in [-0.4, -0.2) is 21.8 Å². The molecule has 2 aromatic heterocycles. The fourth-order valence-corrected chi connectivity index (χ4v) is 3.78. The molecule has 156 valence electrons. The molecular formula is C19H15Cl3N4O3S. The molecule has 2 heterocycles. The number of nitrogens with zero attached hydrogens (tertiary/aromatic N) is 2. The number of pyridine rings is 1. The van der Waals surface area contributed by atoms with E-state index in [0.29, 0.717) is 10.7 Å². The van der Waals surface area contributed by atoms with Gasteiger partial charge < -0.3 is 15.8 Å². The van der Waals surface area contributed by atoms with Crippen LogP contribution in [0.4, 0.5) is 11.4 Å². The molecule has 0 saturated carbocycles. The second-order valence-electron chi connectivity index (χ2n) is 6.14. The number of esters is 1. The number of amides is 1. The van der Waals surface area contributed by atoms with Crippen molar-refractivity contribution in [1.82, 2.24) is 9.97 Å². The van der Waals surface area contributed by atoms with E-state index in [1.165, 1.54) is 11.3 Å². The summed E-state index contributed by atoms with van der Waals surface area (Å²) < 4.78 is 5.17. The molecule has 11 heteroatoms. The fraction of sp³-hybridized carbons (Fsp3) is 0.158. The predicted octanol–water partition coefficient (Wildman–Crippen LogP) is 4.93. The average molecular weight is 486 g/mol. The zero-order chi connectivity index (χ0) is 21.8. The van der Waals surface area contributed by atoms with Crippen molar-refractivity contribution >= 4 is 69.4 Å². The first-order valence-electron chi connectivity index (χ1n) is 8.52. The lowest BCUT2D eigenvalue weighted by Crippen LogP contribution is -2.15. The number of ether oxygens (including phenoxy) is 1. The minimum Gasteiger partial charge on any atom is -0.454 e. The van der Waals surface area contributed by atoms with Gasteiger partial charge in [0, 0.05) is 11.1 Å². The standard InChI is InChI=1S/C19H15Cl3N4O3S/c1-9-4-2-3-5-11(9)25-12(27)6-13-24-10(8-30-13)7-29-19(28)17-14(20)16(23)15(21)18(22)26-17/h2-5,8H,6-7H2,1H3,(H2,23,26)(H,25,27). The number of carbonyl (C=O) groups excluding carboxylic acids is 2. The Bertz CT molecular complexity index is 1120. The number of hydrogen-bond donors (Lipinski definition) is 2. The monoisotopic (exact) mass is 484 g/mol. The van der Waals surface area contributed by atoms with Crippen LogP contribution in [0, 0.1) is 6.92 Å². The van der Waals surface area contributed by atoms with Gasteiger partial charge in [-0.15, -0.1) is 11.3 Å². The summed E-state index contributed by atoms with van der Waals surface area (Å²) in [5.41, 5.74) is 7.60. The van der Waals surface area contributed by atoms with E-state index < -0.39 is 5.97 Å². The Hall–Kier alpha value is -2.39. The van der Waals surface area contributed by atoms with Crippen molar-refractivity contribution in [3.05, 3.63) is 66.8 Å². The van der Waals surface area contributed by atoms with Crippen molar-refractivity contribution in [1.29, 1.82) is 0 Å². The highest BCUT2D eigenvalue weighted by molar-refractivity contribution is 7.09. The first kappa shape index (κ1) is 22.3. The van der Waals surface area contributed by atoms with Gasteiger partial charge in [-0.2, -0.15) is 0 Å². The SMILES string of the molecule is Cc1ccccc1NC(=O)Cc1nc(COC(=O)c2nc(Cl)c(Cl)c(N)c2Cl)cs1. The molecule has 0 atom stereocenters. The number of anilines is 2. The first-order valence-corrected chi connectivity index (χ1v) is 10.5. The minimum absolute atomic E-state index is 0.0358. The highest BCUT2D eigenvalue weighted by atomic mass is 35.5. The van der Waals surface area contributed by atoms with Gasteiger partial charge in [-0.25, -0.2) is 14.8 Å². The Morgan fingerprint density at radius 3 is 2.63 bits per heavy atom. The van der Waals surface area contributed by atoms with Crippen LogP contribution < -0.4 is 11.1 Å². The molecule has 0 bridgehead atoms. The summed E-state index contributed by atoms with van der Waals surface area (Å²) in [5, 5.41) is 4.80. The molecule has 30 heavy (non-hydrogen) atoms. The Kier molecular flexibility index (Phi) is 7.14. The van der Waals surface area contributed by atoms with E-state index in [9.17, 15) is 9.59 Å². The molecule has 0 radical (unpaired) electrons. The van der Waals surface area contributed by atoms with Crippen LogP contribution in [0.25, 0.3) is 0 Å². The van der Waals surface area contributed by atoms with Crippen LogP contribution in [0.15, 0.2) is 29.6 Å². The van der Waals surface area contributed by atoms with Crippen LogP contribution in [0.1, 0.15) is 26.8 Å². The van der Waals surface area contributed by atoms with E-state index in [1.54, 1.807) is 5.38 Å². The van der Waals surface area contributed by atoms with Crippen LogP contribution in [-0.2, 0) is 22.6 Å². The lowest BCUT2D eigenvalue weighted by Gasteiger charge is -2.08.